The first-order valence-corrected chi connectivity index (χ1v) is 45.6. The second-order valence-electron chi connectivity index (χ2n) is 35.6. The number of Topliss-reactive ketones (excluding diaryl/α,β-unsaturated/α-hetero) is 2. The third-order valence-electron chi connectivity index (χ3n) is 23.6. The number of amides is 8. The van der Waals surface area contributed by atoms with Gasteiger partial charge in [0.25, 0.3) is 11.8 Å². The number of nitrogens with zero attached hydrogens (tertiary/aromatic N) is 6. The van der Waals surface area contributed by atoms with E-state index in [1.165, 1.54) is 81.1 Å². The molecule has 5 N–H and O–H groups in total. The number of likely N-dealkylation sites (N-methyl/N-ethyl adjacent to an activating group) is 4. The molecule has 26 nitrogen and oxygen atoms in total. The summed E-state index contributed by atoms with van der Waals surface area (Å²) < 4.78 is 18.4. The summed E-state index contributed by atoms with van der Waals surface area (Å²) in [6, 6.07) is 7.29. The number of nitrogens with one attached hydrogen (secondary N) is 4. The summed E-state index contributed by atoms with van der Waals surface area (Å²) in [5.74, 6) is -6.33. The van der Waals surface area contributed by atoms with Crippen LogP contribution in [0.2, 0.25) is 18.1 Å². The van der Waals surface area contributed by atoms with Crippen LogP contribution >= 0.6 is 0 Å². The van der Waals surface area contributed by atoms with Crippen LogP contribution in [0.1, 0.15) is 223 Å². The molecule has 0 aliphatic rings. The van der Waals surface area contributed by atoms with E-state index >= 15 is 0 Å². The second-order valence-corrected chi connectivity index (χ2v) is 40.4. The van der Waals surface area contributed by atoms with E-state index in [2.05, 4.69) is 91.7 Å². The molecule has 0 fully saturated rings. The van der Waals surface area contributed by atoms with Crippen LogP contribution in [-0.4, -0.2) is 206 Å². The fraction of sp³-hybridized carbons (Fsp3) is 0.638. The number of hydrogen-bond acceptors (Lipinski definition) is 16. The lowest BCUT2D eigenvalue weighted by Crippen LogP contribution is -2.56. The number of carbonyl (C=O) groups is 12. The molecule has 121 heavy (non-hydrogen) atoms. The number of aliphatic hydroxyl groups is 1. The van der Waals surface area contributed by atoms with E-state index in [-0.39, 0.29) is 109 Å². The molecular formula is C94H148N10O16Si. The first-order valence-electron chi connectivity index (χ1n) is 42.7. The normalized spacial score (nSPS) is 16.2. The molecule has 0 radical (unpaired) electrons. The molecule has 0 saturated carbocycles. The molecule has 0 aliphatic heterocycles. The number of ether oxygens (including phenoxy) is 2. The Bertz CT molecular complexity index is 4020. The first kappa shape index (κ1) is 110. The van der Waals surface area contributed by atoms with E-state index in [0.717, 1.165) is 5.57 Å². The largest absolute Gasteiger partial charge is 0.449 e. The highest BCUT2D eigenvalue weighted by molar-refractivity contribution is 6.74. The van der Waals surface area contributed by atoms with Gasteiger partial charge in [-0.1, -0.05) is 190 Å². The van der Waals surface area contributed by atoms with Gasteiger partial charge in [0.05, 0.1) is 50.5 Å². The Morgan fingerprint density at radius 1 is 0.496 bits per heavy atom. The number of benzene rings is 2. The lowest BCUT2D eigenvalue weighted by Gasteiger charge is -2.42. The lowest BCUT2D eigenvalue weighted by molar-refractivity contribution is -0.154. The van der Waals surface area contributed by atoms with Gasteiger partial charge < -0.3 is 59.9 Å². The average Bonchev–Trinajstić information content (AvgIpc) is 0.818. The molecule has 0 heterocycles. The highest BCUT2D eigenvalue weighted by Gasteiger charge is 2.43. The minimum absolute atomic E-state index is 0.0324. The van der Waals surface area contributed by atoms with Crippen LogP contribution in [0.5, 0.6) is 0 Å². The van der Waals surface area contributed by atoms with Crippen molar-refractivity contribution in [3.05, 3.63) is 129 Å². The van der Waals surface area contributed by atoms with Crippen molar-refractivity contribution in [1.29, 1.82) is 0 Å². The number of carbonyl (C=O) groups excluding carboxylic acids is 12. The van der Waals surface area contributed by atoms with Gasteiger partial charge in [0.2, 0.25) is 35.4 Å². The van der Waals surface area contributed by atoms with Crippen LogP contribution in [-0.2, 0) is 84.3 Å². The number of allylic oxidation sites excluding steroid dienone is 4. The van der Waals surface area contributed by atoms with Gasteiger partial charge in [-0.3, -0.25) is 47.9 Å². The molecule has 2 aromatic rings. The van der Waals surface area contributed by atoms with E-state index in [9.17, 15) is 62.6 Å². The zero-order chi connectivity index (χ0) is 93.2. The monoisotopic (exact) mass is 1700 g/mol. The molecule has 2 rings (SSSR count). The Kier molecular flexibility index (Phi) is 47.2. The van der Waals surface area contributed by atoms with E-state index in [0.29, 0.717) is 59.3 Å². The molecular weight excluding hydrogens is 1550 g/mol. The Labute approximate surface area is 725 Å². The number of rotatable bonds is 46. The molecule has 0 aliphatic carbocycles. The molecule has 27 heteroatoms. The summed E-state index contributed by atoms with van der Waals surface area (Å²) >= 11 is 0. The minimum Gasteiger partial charge on any atom is -0.449 e. The maximum atomic E-state index is 14.1. The van der Waals surface area contributed by atoms with Crippen LogP contribution in [0.3, 0.4) is 0 Å². The molecule has 8 amide bonds. The number of ketones is 2. The molecule has 2 aromatic carbocycles. The van der Waals surface area contributed by atoms with Gasteiger partial charge in [-0.2, -0.15) is 0 Å². The van der Waals surface area contributed by atoms with Crippen LogP contribution < -0.4 is 21.3 Å². The van der Waals surface area contributed by atoms with Crippen LogP contribution in [0.4, 0.5) is 11.4 Å². The van der Waals surface area contributed by atoms with Gasteiger partial charge in [-0.15, -0.1) is 0 Å². The van der Waals surface area contributed by atoms with Crippen molar-refractivity contribution in [3.8, 4) is 0 Å². The molecule has 0 saturated heterocycles. The fourth-order valence-electron chi connectivity index (χ4n) is 13.1. The fourth-order valence-corrected chi connectivity index (χ4v) is 14.5. The maximum absolute atomic E-state index is 14.1. The van der Waals surface area contributed by atoms with E-state index < -0.39 is 122 Å². The predicted octanol–water partition coefficient (Wildman–Crippen LogP) is 14.2. The van der Waals surface area contributed by atoms with Crippen LogP contribution in [0.25, 0.3) is 9.69 Å². The molecule has 674 valence electrons. The highest BCUT2D eigenvalue weighted by Crippen LogP contribution is 2.41. The van der Waals surface area contributed by atoms with Crippen molar-refractivity contribution in [2.24, 2.45) is 47.3 Å². The predicted molar refractivity (Wildman–Crippen MR) is 480 cm³/mol. The second kappa shape index (κ2) is 52.1. The minimum atomic E-state index is -2.08. The molecule has 0 spiro atoms. The Morgan fingerprint density at radius 2 is 0.826 bits per heavy atom. The third kappa shape index (κ3) is 35.9. The van der Waals surface area contributed by atoms with Gasteiger partial charge in [0, 0.05) is 52.2 Å². The summed E-state index contributed by atoms with van der Waals surface area (Å²) in [7, 11) is 3.69. The summed E-state index contributed by atoms with van der Waals surface area (Å²) in [4.78, 5) is 173. The van der Waals surface area contributed by atoms with Crippen molar-refractivity contribution in [1.82, 2.24) is 40.9 Å². The summed E-state index contributed by atoms with van der Waals surface area (Å²) in [6.45, 7) is 65.4. The zero-order valence-electron chi connectivity index (χ0n) is 78.6. The standard InChI is InChI=1S/C50H81N5O8Si.C44H67N5O8/c1-20-32(5)44(38(11)56)53-43(57)30-54(16)48(60)41(29-39-24-26-40(51-15)27-25-39)55(17)47(59)37(10)52-46(58)42(28-31(3)4)62-49(61)35(8)23-22-34(7)36(9)45(33(6)21-2)63-64(18,19)50(12,13)14;1-15-27(5)39(33(11)50)47-38(51)25-48(13)43(55)36(24-34-19-21-35(45-12)22-20-34)49(14)42(54)32(10)46-41(53)37(23-26(3)4)57-44(56)30(8)18-17-29(7)31(9)40(52)28(6)16-2/h21,23-27,31-32,34,36-37,41-42,44-45H,20,22,28-30H2,1-14,16-19H3,(H,52,58)(H,53,57);16,18-22,26-27,29,31-32,36-37,39-40,52H,15,17,23-25H2,1-11,13-14H3,(H,46,53)(H,47,51)/b33-21+,35-23+;28-16+,30-18+/t32?,34-,36-,37-,41+,42+,44-,45?;27?,29-,31-,32-,36+,37+,39-,40+/m00/s1. The smallest absolute Gasteiger partial charge is 0.334 e. The van der Waals surface area contributed by atoms with Crippen molar-refractivity contribution in [3.63, 3.8) is 0 Å². The van der Waals surface area contributed by atoms with Crippen molar-refractivity contribution in [2.75, 3.05) is 41.3 Å². The van der Waals surface area contributed by atoms with Crippen LogP contribution in [0.15, 0.2) is 95.1 Å². The lowest BCUT2D eigenvalue weighted by atomic mass is 9.85. The maximum Gasteiger partial charge on any atom is 0.334 e. The molecule has 0 bridgehead atoms. The SMILES string of the molecule is [C-]#[N+]c1ccc(C[C@H](C(=O)N(C)CC(=O)N[C@H](C(C)=O)C(C)CC)N(C)C(=O)[C@H](C)NC(=O)[C@@H](CC(C)C)OC(=O)/C(C)=C/C[C@H](C)[C@H](C)C(O[Si](C)(C)C(C)(C)C)/C(C)=C/C)cc1.[C-]#[N+]c1ccc(C[C@H](C(=O)N(C)CC(=O)N[C@H](C(C)=O)C(C)CC)N(C)C(=O)[C@H](C)NC(=O)[C@@H](CC(C)C)OC(=O)/C(C)=C/C[C@H](C)[C@H](C)[C@H](O)/C(C)=C/C)cc1. The van der Waals surface area contributed by atoms with Gasteiger partial charge in [0.15, 0.2) is 43.5 Å². The highest BCUT2D eigenvalue weighted by atomic mass is 28.4. The van der Waals surface area contributed by atoms with Gasteiger partial charge >= 0.3 is 11.9 Å². The summed E-state index contributed by atoms with van der Waals surface area (Å²) in [5, 5.41) is 21.5. The Morgan fingerprint density at radius 3 is 1.12 bits per heavy atom. The Hall–Kier alpha value is -9.44. The third-order valence-corrected chi connectivity index (χ3v) is 28.1. The summed E-state index contributed by atoms with van der Waals surface area (Å²) in [6.07, 6.45) is 7.43. The Balaban J connectivity index is 0.00000122. The van der Waals surface area contributed by atoms with Gasteiger partial charge in [0.1, 0.15) is 24.2 Å². The quantitative estimate of drug-likeness (QED) is 0.0135. The number of hydrogen-bond donors (Lipinski definition) is 5. The zero-order valence-corrected chi connectivity index (χ0v) is 79.6. The number of esters is 2. The number of aliphatic hydroxyl groups excluding tert-OH is 1. The van der Waals surface area contributed by atoms with E-state index in [1.807, 2.05) is 102 Å². The topological polar surface area (TPSA) is 323 Å². The molecule has 0 aromatic heterocycles. The first-order chi connectivity index (χ1) is 56.1. The average molecular weight is 1700 g/mol. The molecule has 16 atom stereocenters. The summed E-state index contributed by atoms with van der Waals surface area (Å²) in [5.41, 5.74) is 4.86. The van der Waals surface area contributed by atoms with Crippen molar-refractivity contribution >= 4 is 90.5 Å². The van der Waals surface area contributed by atoms with E-state index in [4.69, 9.17) is 27.0 Å². The molecule has 3 unspecified atom stereocenters. The van der Waals surface area contributed by atoms with Gasteiger partial charge in [-0.25, -0.2) is 19.3 Å². The van der Waals surface area contributed by atoms with Gasteiger partial charge in [-0.05, 0) is 183 Å². The van der Waals surface area contributed by atoms with Crippen molar-refractivity contribution in [2.45, 2.75) is 303 Å². The van der Waals surface area contributed by atoms with E-state index in [1.54, 1.807) is 68.5 Å². The van der Waals surface area contributed by atoms with Crippen LogP contribution in [0, 0.1) is 60.5 Å². The van der Waals surface area contributed by atoms with Crippen molar-refractivity contribution < 1.29 is 76.5 Å².